The van der Waals surface area contributed by atoms with Gasteiger partial charge in [0.25, 0.3) is 11.5 Å². The molecule has 9 heteroatoms. The summed E-state index contributed by atoms with van der Waals surface area (Å²) < 4.78 is 5.25. The second-order valence-electron chi connectivity index (χ2n) is 5.76. The number of nitrogens with zero attached hydrogens (tertiary/aromatic N) is 3. The number of anilines is 1. The smallest absolute Gasteiger partial charge is 0.273 e. The highest BCUT2D eigenvalue weighted by Crippen LogP contribution is 2.21. The molecule has 2 amide bonds. The lowest BCUT2D eigenvalue weighted by molar-refractivity contribution is -0.116. The summed E-state index contributed by atoms with van der Waals surface area (Å²) in [5.41, 5.74) is 7.64. The van der Waals surface area contributed by atoms with Gasteiger partial charge in [0.05, 0.1) is 6.33 Å². The molecule has 26 heavy (non-hydrogen) atoms. The van der Waals surface area contributed by atoms with Gasteiger partial charge in [-0.05, 0) is 36.0 Å². The molecule has 0 aliphatic rings. The summed E-state index contributed by atoms with van der Waals surface area (Å²) >= 11 is 0.844. The van der Waals surface area contributed by atoms with Crippen molar-refractivity contribution in [2.24, 2.45) is 5.73 Å². The normalized spacial score (nSPS) is 10.8. The second kappa shape index (κ2) is 7.04. The van der Waals surface area contributed by atoms with Crippen LogP contribution < -0.4 is 16.6 Å². The highest BCUT2D eigenvalue weighted by atomic mass is 32.1. The van der Waals surface area contributed by atoms with Gasteiger partial charge < -0.3 is 11.1 Å². The predicted octanol–water partition coefficient (Wildman–Crippen LogP) is 1.46. The molecule has 134 valence electrons. The number of primary amides is 1. The van der Waals surface area contributed by atoms with Gasteiger partial charge >= 0.3 is 0 Å². The van der Waals surface area contributed by atoms with Crippen LogP contribution >= 0.6 is 11.5 Å². The number of para-hydroxylation sites is 1. The van der Waals surface area contributed by atoms with Crippen LogP contribution in [0.15, 0.2) is 29.3 Å². The molecule has 0 aliphatic heterocycles. The number of amides is 2. The molecule has 2 heterocycles. The zero-order chi connectivity index (χ0) is 18.8. The third-order valence-corrected chi connectivity index (χ3v) is 4.83. The van der Waals surface area contributed by atoms with E-state index in [2.05, 4.69) is 14.7 Å². The molecule has 3 aromatic rings. The first kappa shape index (κ1) is 17.7. The van der Waals surface area contributed by atoms with Gasteiger partial charge in [-0.25, -0.2) is 4.98 Å². The lowest BCUT2D eigenvalue weighted by atomic mass is 10.1. The summed E-state index contributed by atoms with van der Waals surface area (Å²) in [6, 6.07) is 5.80. The Bertz CT molecular complexity index is 1070. The molecular formula is C17H17N5O3S. The van der Waals surface area contributed by atoms with Crippen LogP contribution in [-0.4, -0.2) is 25.7 Å². The molecule has 0 atom stereocenters. The molecule has 8 nitrogen and oxygen atoms in total. The number of nitrogens with one attached hydrogen (secondary N) is 1. The Hall–Kier alpha value is -3.07. The van der Waals surface area contributed by atoms with Crippen LogP contribution in [0.3, 0.4) is 0 Å². The van der Waals surface area contributed by atoms with E-state index < -0.39 is 11.5 Å². The summed E-state index contributed by atoms with van der Waals surface area (Å²) in [6.07, 6.45) is 2.01. The van der Waals surface area contributed by atoms with Gasteiger partial charge in [-0.2, -0.15) is 4.37 Å². The molecule has 0 spiro atoms. The van der Waals surface area contributed by atoms with Crippen LogP contribution in [0.4, 0.5) is 5.69 Å². The van der Waals surface area contributed by atoms with E-state index in [1.165, 1.54) is 10.9 Å². The summed E-state index contributed by atoms with van der Waals surface area (Å²) in [5.74, 6) is -1.08. The van der Waals surface area contributed by atoms with Crippen LogP contribution in [-0.2, 0) is 17.8 Å². The van der Waals surface area contributed by atoms with E-state index in [-0.39, 0.29) is 28.4 Å². The lowest BCUT2D eigenvalue weighted by Gasteiger charge is -2.13. The molecule has 0 radical (unpaired) electrons. The number of carbonyl (C=O) groups excluding carboxylic acids is 2. The molecule has 3 N–H and O–H groups in total. The second-order valence-corrected chi connectivity index (χ2v) is 6.53. The van der Waals surface area contributed by atoms with Gasteiger partial charge in [0, 0.05) is 5.69 Å². The van der Waals surface area contributed by atoms with Gasteiger partial charge in [0.2, 0.25) is 5.91 Å². The van der Waals surface area contributed by atoms with E-state index in [4.69, 9.17) is 5.73 Å². The van der Waals surface area contributed by atoms with Crippen molar-refractivity contribution < 1.29 is 9.59 Å². The van der Waals surface area contributed by atoms with E-state index in [0.717, 1.165) is 34.8 Å². The number of rotatable bonds is 5. The first-order chi connectivity index (χ1) is 12.4. The monoisotopic (exact) mass is 371 g/mol. The minimum absolute atomic E-state index is 0.0359. The number of fused-ring (bicyclic) bond motifs is 1. The molecule has 0 bridgehead atoms. The Labute approximate surface area is 152 Å². The average Bonchev–Trinajstić information content (AvgIpc) is 3.04. The summed E-state index contributed by atoms with van der Waals surface area (Å²) in [4.78, 5) is 40.3. The minimum Gasteiger partial charge on any atom is -0.364 e. The van der Waals surface area contributed by atoms with Crippen LogP contribution in [0.5, 0.6) is 0 Å². The molecule has 0 saturated heterocycles. The summed E-state index contributed by atoms with van der Waals surface area (Å²) in [5, 5.41) is 2.86. The standard InChI is InChI=1S/C17H17N5O3S/c1-3-10-6-4-5-9(2)12(10)20-11(23)7-22-8-19-13-14(16(18)24)21-26-15(13)17(22)25/h4-6,8H,3,7H2,1-2H3,(H2,18,24)(H,20,23). The highest BCUT2D eigenvalue weighted by molar-refractivity contribution is 7.13. The third-order valence-electron chi connectivity index (χ3n) is 4.00. The number of hydrogen-bond acceptors (Lipinski definition) is 6. The maximum absolute atomic E-state index is 12.5. The van der Waals surface area contributed by atoms with Crippen molar-refractivity contribution in [3.05, 3.63) is 51.7 Å². The van der Waals surface area contributed by atoms with Crippen LogP contribution in [0.25, 0.3) is 10.2 Å². The van der Waals surface area contributed by atoms with Gasteiger partial charge in [0.15, 0.2) is 5.69 Å². The number of hydrogen-bond donors (Lipinski definition) is 2. The molecular weight excluding hydrogens is 354 g/mol. The number of nitrogens with two attached hydrogens (primary N) is 1. The van der Waals surface area contributed by atoms with E-state index in [9.17, 15) is 14.4 Å². The minimum atomic E-state index is -0.745. The quantitative estimate of drug-likeness (QED) is 0.703. The Kier molecular flexibility index (Phi) is 4.81. The summed E-state index contributed by atoms with van der Waals surface area (Å²) in [7, 11) is 0. The van der Waals surface area contributed by atoms with Crippen molar-refractivity contribution >= 4 is 39.3 Å². The molecule has 2 aromatic heterocycles. The topological polar surface area (TPSA) is 120 Å². The average molecular weight is 371 g/mol. The number of aryl methyl sites for hydroxylation is 2. The molecule has 0 aliphatic carbocycles. The number of aromatic nitrogens is 3. The Balaban J connectivity index is 1.88. The molecule has 0 fully saturated rings. The Morgan fingerprint density at radius 3 is 2.81 bits per heavy atom. The van der Waals surface area contributed by atoms with Gasteiger partial charge in [-0.3, -0.25) is 19.0 Å². The van der Waals surface area contributed by atoms with Crippen molar-refractivity contribution in [2.45, 2.75) is 26.8 Å². The van der Waals surface area contributed by atoms with Gasteiger partial charge in [0.1, 0.15) is 16.8 Å². The van der Waals surface area contributed by atoms with Gasteiger partial charge in [-0.15, -0.1) is 0 Å². The molecule has 0 unspecified atom stereocenters. The maximum Gasteiger partial charge on any atom is 0.273 e. The zero-order valence-electron chi connectivity index (χ0n) is 14.3. The Morgan fingerprint density at radius 1 is 1.35 bits per heavy atom. The largest absolute Gasteiger partial charge is 0.364 e. The maximum atomic E-state index is 12.5. The SMILES string of the molecule is CCc1cccc(C)c1NC(=O)Cn1cnc2c(C(N)=O)nsc2c1=O. The third kappa shape index (κ3) is 3.21. The lowest BCUT2D eigenvalue weighted by Crippen LogP contribution is -2.28. The number of benzene rings is 1. The fourth-order valence-corrected chi connectivity index (χ4v) is 3.46. The van der Waals surface area contributed by atoms with Crippen LogP contribution in [0.1, 0.15) is 28.5 Å². The van der Waals surface area contributed by atoms with Crippen LogP contribution in [0.2, 0.25) is 0 Å². The van der Waals surface area contributed by atoms with Crippen molar-refractivity contribution in [2.75, 3.05) is 5.32 Å². The first-order valence-corrected chi connectivity index (χ1v) is 8.72. The van der Waals surface area contributed by atoms with Crippen molar-refractivity contribution in [3.8, 4) is 0 Å². The van der Waals surface area contributed by atoms with Crippen molar-refractivity contribution in [3.63, 3.8) is 0 Å². The molecule has 1 aromatic carbocycles. The zero-order valence-corrected chi connectivity index (χ0v) is 15.1. The van der Waals surface area contributed by atoms with E-state index in [0.29, 0.717) is 0 Å². The van der Waals surface area contributed by atoms with E-state index in [1.807, 2.05) is 32.0 Å². The number of carbonyl (C=O) groups is 2. The van der Waals surface area contributed by atoms with Crippen molar-refractivity contribution in [1.29, 1.82) is 0 Å². The first-order valence-electron chi connectivity index (χ1n) is 7.95. The predicted molar refractivity (Wildman–Crippen MR) is 99.4 cm³/mol. The van der Waals surface area contributed by atoms with Gasteiger partial charge in [-0.1, -0.05) is 25.1 Å². The molecule has 0 saturated carbocycles. The molecule has 3 rings (SSSR count). The van der Waals surface area contributed by atoms with Crippen LogP contribution in [0, 0.1) is 6.92 Å². The fourth-order valence-electron chi connectivity index (χ4n) is 2.67. The highest BCUT2D eigenvalue weighted by Gasteiger charge is 2.17. The summed E-state index contributed by atoms with van der Waals surface area (Å²) in [6.45, 7) is 3.73. The van der Waals surface area contributed by atoms with Crippen molar-refractivity contribution in [1.82, 2.24) is 13.9 Å². The fraction of sp³-hybridized carbons (Fsp3) is 0.235. The van der Waals surface area contributed by atoms with E-state index >= 15 is 0 Å². The van der Waals surface area contributed by atoms with E-state index in [1.54, 1.807) is 0 Å². The Morgan fingerprint density at radius 2 is 2.12 bits per heavy atom.